The minimum atomic E-state index is -0.350. The first kappa shape index (κ1) is 23.6. The second-order valence-corrected chi connectivity index (χ2v) is 8.52. The van der Waals surface area contributed by atoms with Crippen molar-refractivity contribution in [3.63, 3.8) is 0 Å². The zero-order valence-corrected chi connectivity index (χ0v) is 20.7. The molecule has 0 atom stereocenters. The fourth-order valence-corrected chi connectivity index (χ4v) is 4.18. The Morgan fingerprint density at radius 1 is 0.971 bits per heavy atom. The van der Waals surface area contributed by atoms with E-state index in [-0.39, 0.29) is 12.5 Å². The molecule has 4 aromatic rings. The van der Waals surface area contributed by atoms with Crippen LogP contribution in [0.15, 0.2) is 90.0 Å². The van der Waals surface area contributed by atoms with Gasteiger partial charge in [-0.25, -0.2) is 5.43 Å². The molecule has 1 N–H and O–H groups in total. The number of hydrogen-bond acceptors (Lipinski definition) is 5. The van der Waals surface area contributed by atoms with E-state index in [0.717, 1.165) is 20.1 Å². The number of benzene rings is 4. The summed E-state index contributed by atoms with van der Waals surface area (Å²) in [5, 5.41) is 6.36. The van der Waals surface area contributed by atoms with Crippen LogP contribution in [-0.4, -0.2) is 25.8 Å². The van der Waals surface area contributed by atoms with Crippen LogP contribution in [0.5, 0.6) is 17.2 Å². The Labute approximate surface area is 211 Å². The van der Waals surface area contributed by atoms with Crippen molar-refractivity contribution in [2.45, 2.75) is 6.61 Å². The van der Waals surface area contributed by atoms with Gasteiger partial charge in [-0.15, -0.1) is 0 Å². The molecule has 0 aliphatic rings. The first-order valence-corrected chi connectivity index (χ1v) is 11.7. The maximum absolute atomic E-state index is 12.0. The molecule has 4 rings (SSSR count). The van der Waals surface area contributed by atoms with Crippen LogP contribution in [0, 0.1) is 3.57 Å². The fourth-order valence-electron chi connectivity index (χ4n) is 3.40. The lowest BCUT2D eigenvalue weighted by molar-refractivity contribution is -0.123. The molecule has 0 aliphatic heterocycles. The van der Waals surface area contributed by atoms with Crippen molar-refractivity contribution in [1.82, 2.24) is 5.43 Å². The van der Waals surface area contributed by atoms with Gasteiger partial charge in [0.25, 0.3) is 5.91 Å². The van der Waals surface area contributed by atoms with Gasteiger partial charge < -0.3 is 14.2 Å². The Morgan fingerprint density at radius 2 is 1.74 bits per heavy atom. The third-order valence-corrected chi connectivity index (χ3v) is 5.82. The molecule has 0 unspecified atom stereocenters. The molecule has 34 heavy (non-hydrogen) atoms. The molecular weight excluding hydrogens is 543 g/mol. The zero-order chi connectivity index (χ0) is 23.8. The third kappa shape index (κ3) is 6.05. The Kier molecular flexibility index (Phi) is 7.98. The summed E-state index contributed by atoms with van der Waals surface area (Å²) < 4.78 is 18.0. The van der Waals surface area contributed by atoms with Crippen molar-refractivity contribution in [3.05, 3.63) is 99.6 Å². The molecule has 0 heterocycles. The first-order valence-electron chi connectivity index (χ1n) is 10.6. The highest BCUT2D eigenvalue weighted by atomic mass is 127. The number of para-hydroxylation sites is 1. The number of fused-ring (bicyclic) bond motifs is 1. The lowest BCUT2D eigenvalue weighted by Crippen LogP contribution is -2.24. The molecule has 6 nitrogen and oxygen atoms in total. The summed E-state index contributed by atoms with van der Waals surface area (Å²) >= 11 is 2.21. The van der Waals surface area contributed by atoms with Gasteiger partial charge >= 0.3 is 0 Å². The number of nitrogens with one attached hydrogen (secondary N) is 1. The number of ether oxygens (including phenoxy) is 3. The van der Waals surface area contributed by atoms with Crippen molar-refractivity contribution in [2.75, 3.05) is 13.7 Å². The summed E-state index contributed by atoms with van der Waals surface area (Å²) in [7, 11) is 1.60. The number of methoxy groups -OCH3 is 1. The number of halogens is 1. The van der Waals surface area contributed by atoms with Crippen molar-refractivity contribution in [3.8, 4) is 17.2 Å². The van der Waals surface area contributed by atoms with Gasteiger partial charge in [-0.3, -0.25) is 4.79 Å². The fraction of sp³-hybridized carbons (Fsp3) is 0.111. The van der Waals surface area contributed by atoms with Crippen LogP contribution in [-0.2, 0) is 11.4 Å². The first-order chi connectivity index (χ1) is 16.6. The van der Waals surface area contributed by atoms with Crippen molar-refractivity contribution in [1.29, 1.82) is 0 Å². The van der Waals surface area contributed by atoms with Gasteiger partial charge in [-0.1, -0.05) is 60.7 Å². The van der Waals surface area contributed by atoms with Gasteiger partial charge in [-0.2, -0.15) is 5.10 Å². The van der Waals surface area contributed by atoms with E-state index in [4.69, 9.17) is 14.2 Å². The molecular formula is C27H23IN2O4. The molecule has 0 bridgehead atoms. The van der Waals surface area contributed by atoms with Gasteiger partial charge in [0.05, 0.1) is 16.9 Å². The van der Waals surface area contributed by atoms with E-state index in [0.29, 0.717) is 23.9 Å². The summed E-state index contributed by atoms with van der Waals surface area (Å²) in [5.41, 5.74) is 4.33. The SMILES string of the molecule is COc1cc(/C=N\NC(=O)COc2ccccc2)cc(I)c1OCc1cccc2ccccc12. The van der Waals surface area contributed by atoms with Crippen LogP contribution in [0.1, 0.15) is 11.1 Å². The summed E-state index contributed by atoms with van der Waals surface area (Å²) in [4.78, 5) is 12.0. The van der Waals surface area contributed by atoms with Crippen molar-refractivity contribution in [2.24, 2.45) is 5.10 Å². The van der Waals surface area contributed by atoms with E-state index >= 15 is 0 Å². The molecule has 7 heteroatoms. The number of amides is 1. The van der Waals surface area contributed by atoms with Crippen LogP contribution in [0.25, 0.3) is 10.8 Å². The summed E-state index contributed by atoms with van der Waals surface area (Å²) in [5.74, 6) is 1.53. The number of carbonyl (C=O) groups is 1. The normalized spacial score (nSPS) is 10.9. The topological polar surface area (TPSA) is 69.2 Å². The molecule has 4 aromatic carbocycles. The van der Waals surface area contributed by atoms with Gasteiger partial charge in [0, 0.05) is 0 Å². The lowest BCUT2D eigenvalue weighted by atomic mass is 10.1. The third-order valence-electron chi connectivity index (χ3n) is 5.02. The number of hydrazone groups is 1. The molecule has 0 radical (unpaired) electrons. The predicted octanol–water partition coefficient (Wildman–Crippen LogP) is 5.56. The van der Waals surface area contributed by atoms with Gasteiger partial charge in [0.2, 0.25) is 0 Å². The second-order valence-electron chi connectivity index (χ2n) is 7.36. The quantitative estimate of drug-likeness (QED) is 0.164. The van der Waals surface area contributed by atoms with E-state index in [9.17, 15) is 4.79 Å². The van der Waals surface area contributed by atoms with E-state index in [1.807, 2.05) is 48.5 Å². The predicted molar refractivity (Wildman–Crippen MR) is 142 cm³/mol. The summed E-state index contributed by atoms with van der Waals surface area (Å²) in [6.45, 7) is 0.293. The molecule has 0 saturated carbocycles. The van der Waals surface area contributed by atoms with Gasteiger partial charge in [0.15, 0.2) is 18.1 Å². The average Bonchev–Trinajstić information content (AvgIpc) is 2.87. The second kappa shape index (κ2) is 11.5. The van der Waals surface area contributed by atoms with Crippen LogP contribution in [0.4, 0.5) is 0 Å². The van der Waals surface area contributed by atoms with Crippen LogP contribution >= 0.6 is 22.6 Å². The largest absolute Gasteiger partial charge is 0.493 e. The summed E-state index contributed by atoms with van der Waals surface area (Å²) in [6, 6.07) is 27.3. The number of nitrogens with zero attached hydrogens (tertiary/aromatic N) is 1. The average molecular weight is 566 g/mol. The number of hydrogen-bond donors (Lipinski definition) is 1. The zero-order valence-electron chi connectivity index (χ0n) is 18.5. The molecule has 0 aliphatic carbocycles. The van der Waals surface area contributed by atoms with Crippen molar-refractivity contribution >= 4 is 45.5 Å². The van der Waals surface area contributed by atoms with E-state index in [1.165, 1.54) is 5.39 Å². The highest BCUT2D eigenvalue weighted by Crippen LogP contribution is 2.34. The maximum atomic E-state index is 12.0. The molecule has 172 valence electrons. The molecule has 0 fully saturated rings. The molecule has 0 spiro atoms. The minimum Gasteiger partial charge on any atom is -0.493 e. The number of carbonyl (C=O) groups excluding carboxylic acids is 1. The van der Waals surface area contributed by atoms with Gasteiger partial charge in [-0.05, 0) is 68.8 Å². The highest BCUT2D eigenvalue weighted by molar-refractivity contribution is 14.1. The summed E-state index contributed by atoms with van der Waals surface area (Å²) in [6.07, 6.45) is 1.56. The van der Waals surface area contributed by atoms with Gasteiger partial charge in [0.1, 0.15) is 12.4 Å². The lowest BCUT2D eigenvalue weighted by Gasteiger charge is -2.14. The van der Waals surface area contributed by atoms with E-state index in [2.05, 4.69) is 57.4 Å². The Morgan fingerprint density at radius 3 is 2.56 bits per heavy atom. The van der Waals surface area contributed by atoms with Crippen LogP contribution < -0.4 is 19.6 Å². The minimum absolute atomic E-state index is 0.122. The molecule has 0 aromatic heterocycles. The Balaban J connectivity index is 1.39. The smallest absolute Gasteiger partial charge is 0.277 e. The van der Waals surface area contributed by atoms with E-state index in [1.54, 1.807) is 25.5 Å². The monoisotopic (exact) mass is 566 g/mol. The van der Waals surface area contributed by atoms with Crippen LogP contribution in [0.2, 0.25) is 0 Å². The highest BCUT2D eigenvalue weighted by Gasteiger charge is 2.12. The maximum Gasteiger partial charge on any atom is 0.277 e. The Bertz CT molecular complexity index is 1300. The Hall–Kier alpha value is -3.59. The number of rotatable bonds is 9. The standard InChI is InChI=1S/C27H23IN2O4/c1-32-25-15-19(16-29-30-26(31)18-33-22-11-3-2-4-12-22)14-24(28)27(25)34-17-21-10-7-9-20-8-5-6-13-23(20)21/h2-16H,17-18H2,1H3,(H,30,31)/b29-16-. The van der Waals surface area contributed by atoms with E-state index < -0.39 is 0 Å². The van der Waals surface area contributed by atoms with Crippen molar-refractivity contribution < 1.29 is 19.0 Å². The molecule has 1 amide bonds. The van der Waals surface area contributed by atoms with Crippen LogP contribution in [0.3, 0.4) is 0 Å². The molecule has 0 saturated heterocycles.